The number of anilines is 4. The van der Waals surface area contributed by atoms with Crippen LogP contribution in [0, 0.1) is 5.41 Å². The number of rotatable bonds is 2. The highest BCUT2D eigenvalue weighted by Gasteiger charge is 2.50. The Labute approximate surface area is 193 Å². The maximum atomic E-state index is 2.58. The maximum Gasteiger partial charge on any atom is 0.405 e. The molecule has 0 fully saturated rings. The molecule has 0 saturated carbocycles. The molecular weight excluding hydrogens is 389 g/mol. The average Bonchev–Trinajstić information content (AvgIpc) is 3.00. The standard InChI is InChI=1S/C28H32BN3/c1-27(2,3)23-20-29(30(6)24-17-11-10-16-22(23)24)32-26-19-13-12-18-25(26)31(28(32,4)5)21-14-8-7-9-15-21/h7-20H,1-6H3. The summed E-state index contributed by atoms with van der Waals surface area (Å²) in [6.07, 6.45) is 0. The highest BCUT2D eigenvalue weighted by atomic mass is 15.5. The molecule has 2 aliphatic heterocycles. The van der Waals surface area contributed by atoms with Gasteiger partial charge < -0.3 is 14.5 Å². The number of allylic oxidation sites excluding steroid dienone is 1. The van der Waals surface area contributed by atoms with Crippen molar-refractivity contribution in [3.8, 4) is 0 Å². The third kappa shape index (κ3) is 3.04. The molecule has 5 rings (SSSR count). The Hall–Kier alpha value is -3.14. The second-order valence-corrected chi connectivity index (χ2v) is 10.4. The molecule has 32 heavy (non-hydrogen) atoms. The van der Waals surface area contributed by atoms with Crippen LogP contribution in [0.2, 0.25) is 0 Å². The van der Waals surface area contributed by atoms with Crippen LogP contribution in [0.25, 0.3) is 5.57 Å². The minimum Gasteiger partial charge on any atom is -0.395 e. The molecule has 4 heteroatoms. The van der Waals surface area contributed by atoms with Crippen molar-refractivity contribution >= 4 is 35.3 Å². The SMILES string of the molecule is CN1B(N2c3ccccc3N(c3ccccc3)C2(C)C)C=C(C(C)(C)C)c2ccccc21. The van der Waals surface area contributed by atoms with E-state index >= 15 is 0 Å². The minimum atomic E-state index is -0.254. The zero-order valence-corrected chi connectivity index (χ0v) is 20.0. The molecule has 3 aromatic carbocycles. The van der Waals surface area contributed by atoms with Crippen molar-refractivity contribution in [2.45, 2.75) is 40.3 Å². The highest BCUT2D eigenvalue weighted by Crippen LogP contribution is 2.51. The molecule has 2 aliphatic rings. The van der Waals surface area contributed by atoms with Crippen LogP contribution >= 0.6 is 0 Å². The Morgan fingerprint density at radius 1 is 0.719 bits per heavy atom. The first kappa shape index (κ1) is 20.8. The average molecular weight is 421 g/mol. The van der Waals surface area contributed by atoms with Gasteiger partial charge in [0, 0.05) is 11.4 Å². The van der Waals surface area contributed by atoms with Gasteiger partial charge in [-0.1, -0.05) is 75.3 Å². The molecule has 162 valence electrons. The van der Waals surface area contributed by atoms with Gasteiger partial charge in [0.15, 0.2) is 0 Å². The maximum absolute atomic E-state index is 2.58. The van der Waals surface area contributed by atoms with E-state index in [4.69, 9.17) is 0 Å². The zero-order chi connectivity index (χ0) is 22.7. The van der Waals surface area contributed by atoms with Crippen molar-refractivity contribution in [3.05, 3.63) is 90.4 Å². The van der Waals surface area contributed by atoms with Gasteiger partial charge in [-0.2, -0.15) is 0 Å². The van der Waals surface area contributed by atoms with Crippen LogP contribution in [0.15, 0.2) is 84.8 Å². The molecule has 3 aromatic rings. The summed E-state index contributed by atoms with van der Waals surface area (Å²) in [5.74, 6) is 2.48. The first-order valence-corrected chi connectivity index (χ1v) is 11.5. The molecule has 0 saturated heterocycles. The van der Waals surface area contributed by atoms with Crippen LogP contribution in [0.1, 0.15) is 40.2 Å². The van der Waals surface area contributed by atoms with Gasteiger partial charge in [0.25, 0.3) is 0 Å². The van der Waals surface area contributed by atoms with E-state index < -0.39 is 0 Å². The van der Waals surface area contributed by atoms with E-state index in [2.05, 4.69) is 141 Å². The molecule has 0 unspecified atom stereocenters. The lowest BCUT2D eigenvalue weighted by Crippen LogP contribution is -2.62. The van der Waals surface area contributed by atoms with E-state index in [1.807, 2.05) is 0 Å². The summed E-state index contributed by atoms with van der Waals surface area (Å²) in [6, 6.07) is 28.4. The molecule has 0 radical (unpaired) electrons. The van der Waals surface area contributed by atoms with Gasteiger partial charge in [-0.25, -0.2) is 0 Å². The summed E-state index contributed by atoms with van der Waals surface area (Å²) in [5.41, 5.74) is 7.56. The minimum absolute atomic E-state index is 0.0537. The van der Waals surface area contributed by atoms with Gasteiger partial charge in [-0.05, 0) is 67.8 Å². The molecule has 0 N–H and O–H groups in total. The Balaban J connectivity index is 1.71. The fourth-order valence-electron chi connectivity index (χ4n) is 5.46. The summed E-state index contributed by atoms with van der Waals surface area (Å²) >= 11 is 0. The van der Waals surface area contributed by atoms with Gasteiger partial charge in [-0.3, -0.25) is 0 Å². The van der Waals surface area contributed by atoms with Crippen molar-refractivity contribution in [1.82, 2.24) is 0 Å². The number of benzene rings is 3. The van der Waals surface area contributed by atoms with Crippen LogP contribution in [-0.2, 0) is 0 Å². The van der Waals surface area contributed by atoms with Crippen LogP contribution in [0.3, 0.4) is 0 Å². The monoisotopic (exact) mass is 421 g/mol. The third-order valence-electron chi connectivity index (χ3n) is 6.89. The summed E-state index contributed by atoms with van der Waals surface area (Å²) < 4.78 is 0. The molecule has 0 amide bonds. The first-order chi connectivity index (χ1) is 15.2. The number of hydrogen-bond donors (Lipinski definition) is 0. The lowest BCUT2D eigenvalue weighted by atomic mass is 9.61. The molecule has 0 bridgehead atoms. The van der Waals surface area contributed by atoms with E-state index in [0.717, 1.165) is 0 Å². The Morgan fingerprint density at radius 3 is 1.94 bits per heavy atom. The largest absolute Gasteiger partial charge is 0.405 e. The van der Waals surface area contributed by atoms with Crippen molar-refractivity contribution < 1.29 is 0 Å². The van der Waals surface area contributed by atoms with Crippen molar-refractivity contribution in [2.24, 2.45) is 5.41 Å². The van der Waals surface area contributed by atoms with Gasteiger partial charge >= 0.3 is 6.98 Å². The van der Waals surface area contributed by atoms with Gasteiger partial charge in [0.1, 0.15) is 5.66 Å². The number of para-hydroxylation sites is 4. The van der Waals surface area contributed by atoms with Crippen LogP contribution < -0.4 is 14.5 Å². The summed E-state index contributed by atoms with van der Waals surface area (Å²) in [5, 5.41) is 0. The van der Waals surface area contributed by atoms with Crippen LogP contribution in [-0.4, -0.2) is 19.7 Å². The first-order valence-electron chi connectivity index (χ1n) is 11.5. The Kier molecular flexibility index (Phi) is 4.67. The molecule has 0 spiro atoms. The van der Waals surface area contributed by atoms with Crippen molar-refractivity contribution in [1.29, 1.82) is 0 Å². The number of nitrogens with zero attached hydrogens (tertiary/aromatic N) is 3. The molecule has 0 aliphatic carbocycles. The molecule has 0 aromatic heterocycles. The quantitative estimate of drug-likeness (QED) is 0.413. The van der Waals surface area contributed by atoms with Gasteiger partial charge in [0.05, 0.1) is 11.4 Å². The van der Waals surface area contributed by atoms with E-state index in [1.165, 1.54) is 33.9 Å². The number of fused-ring (bicyclic) bond motifs is 2. The molecular formula is C28H32BN3. The van der Waals surface area contributed by atoms with E-state index in [0.29, 0.717) is 0 Å². The van der Waals surface area contributed by atoms with Crippen LogP contribution in [0.5, 0.6) is 0 Å². The summed E-state index contributed by atoms with van der Waals surface area (Å²) in [6.45, 7) is 11.7. The normalized spacial score (nSPS) is 17.2. The lowest BCUT2D eigenvalue weighted by molar-refractivity contribution is 0.551. The van der Waals surface area contributed by atoms with Gasteiger partial charge in [0.2, 0.25) is 0 Å². The van der Waals surface area contributed by atoms with Gasteiger partial charge in [-0.15, -0.1) is 0 Å². The second kappa shape index (κ2) is 7.20. The zero-order valence-electron chi connectivity index (χ0n) is 20.0. The van der Waals surface area contributed by atoms with E-state index in [-0.39, 0.29) is 18.1 Å². The highest BCUT2D eigenvalue weighted by molar-refractivity contribution is 6.74. The van der Waals surface area contributed by atoms with Crippen molar-refractivity contribution in [2.75, 3.05) is 21.6 Å². The molecule has 0 atom stereocenters. The third-order valence-corrected chi connectivity index (χ3v) is 6.89. The summed E-state index contributed by atoms with van der Waals surface area (Å²) in [4.78, 5) is 7.48. The Bertz CT molecular complexity index is 1180. The molecule has 2 heterocycles. The fraction of sp³-hybridized carbons (Fsp3) is 0.286. The predicted molar refractivity (Wildman–Crippen MR) is 140 cm³/mol. The second-order valence-electron chi connectivity index (χ2n) is 10.4. The van der Waals surface area contributed by atoms with E-state index in [9.17, 15) is 0 Å². The topological polar surface area (TPSA) is 9.72 Å². The van der Waals surface area contributed by atoms with Crippen molar-refractivity contribution in [3.63, 3.8) is 0 Å². The fourth-order valence-corrected chi connectivity index (χ4v) is 5.46. The van der Waals surface area contributed by atoms with Crippen LogP contribution in [0.4, 0.5) is 22.7 Å². The lowest BCUT2D eigenvalue weighted by Gasteiger charge is -2.47. The molecule has 3 nitrogen and oxygen atoms in total. The smallest absolute Gasteiger partial charge is 0.395 e. The predicted octanol–water partition coefficient (Wildman–Crippen LogP) is 6.99. The van der Waals surface area contributed by atoms with E-state index in [1.54, 1.807) is 0 Å². The summed E-state index contributed by atoms with van der Waals surface area (Å²) in [7, 11) is 2.23. The Morgan fingerprint density at radius 2 is 1.28 bits per heavy atom. The number of hydrogen-bond acceptors (Lipinski definition) is 3.